The second-order valence-electron chi connectivity index (χ2n) is 7.92. The van der Waals surface area contributed by atoms with Gasteiger partial charge in [-0.25, -0.2) is 18.1 Å². The standard InChI is InChI=1S/C24H30BrN5O4S/c1-4-18(15-31)28-23-21(25)14-26-24(30-23)29-19-8-5-16(2)22(13-19)35(32,33)27-12-11-17-6-9-20(34-3)10-7-17/h5-10,13-14,18,27,31H,4,11-12,15H2,1-3H3,(H2,26,28,29,30)/t18-/m1/s1. The number of halogens is 1. The Labute approximate surface area is 214 Å². The number of anilines is 3. The highest BCUT2D eigenvalue weighted by atomic mass is 79.9. The van der Waals surface area contributed by atoms with Crippen molar-refractivity contribution >= 4 is 43.4 Å². The number of nitrogens with zero attached hydrogens (tertiary/aromatic N) is 2. The smallest absolute Gasteiger partial charge is 0.240 e. The van der Waals surface area contributed by atoms with Crippen LogP contribution in [-0.4, -0.2) is 49.8 Å². The number of hydrogen-bond acceptors (Lipinski definition) is 8. The lowest BCUT2D eigenvalue weighted by Crippen LogP contribution is -2.26. The van der Waals surface area contributed by atoms with E-state index in [1.807, 2.05) is 31.2 Å². The van der Waals surface area contributed by atoms with Gasteiger partial charge in [0.1, 0.15) is 11.6 Å². The normalized spacial score (nSPS) is 12.3. The monoisotopic (exact) mass is 563 g/mol. The highest BCUT2D eigenvalue weighted by molar-refractivity contribution is 9.10. The first-order valence-corrected chi connectivity index (χ1v) is 13.4. The molecule has 0 amide bonds. The maximum atomic E-state index is 13.0. The van der Waals surface area contributed by atoms with Crippen molar-refractivity contribution in [3.63, 3.8) is 0 Å². The fraction of sp³-hybridized carbons (Fsp3) is 0.333. The number of aromatic nitrogens is 2. The third-order valence-corrected chi connectivity index (χ3v) is 7.58. The SMILES string of the molecule is CC[C@H](CO)Nc1nc(Nc2ccc(C)c(S(=O)(=O)NCCc3ccc(OC)cc3)c2)ncc1Br. The lowest BCUT2D eigenvalue weighted by Gasteiger charge is -2.17. The molecule has 0 saturated carbocycles. The minimum atomic E-state index is -3.73. The van der Waals surface area contributed by atoms with Crippen LogP contribution in [0.5, 0.6) is 5.75 Å². The van der Waals surface area contributed by atoms with Crippen molar-refractivity contribution in [2.45, 2.75) is 37.6 Å². The summed E-state index contributed by atoms with van der Waals surface area (Å²) < 4.78 is 34.5. The van der Waals surface area contributed by atoms with Gasteiger partial charge in [-0.3, -0.25) is 0 Å². The number of sulfonamides is 1. The molecule has 4 N–H and O–H groups in total. The first-order chi connectivity index (χ1) is 16.7. The molecule has 188 valence electrons. The van der Waals surface area contributed by atoms with Crippen LogP contribution in [0, 0.1) is 6.92 Å². The Bertz CT molecular complexity index is 1240. The van der Waals surface area contributed by atoms with Crippen LogP contribution >= 0.6 is 15.9 Å². The number of rotatable bonds is 12. The number of aliphatic hydroxyl groups is 1. The van der Waals surface area contributed by atoms with Gasteiger partial charge in [0.2, 0.25) is 16.0 Å². The summed E-state index contributed by atoms with van der Waals surface area (Å²) in [5.74, 6) is 1.58. The van der Waals surface area contributed by atoms with Crippen LogP contribution in [0.1, 0.15) is 24.5 Å². The Hall–Kier alpha value is -2.73. The maximum Gasteiger partial charge on any atom is 0.240 e. The second-order valence-corrected chi connectivity index (χ2v) is 10.5. The molecular weight excluding hydrogens is 534 g/mol. The Kier molecular flexibility index (Phi) is 9.44. The largest absolute Gasteiger partial charge is 0.497 e. The van der Waals surface area contributed by atoms with Crippen LogP contribution in [0.2, 0.25) is 0 Å². The zero-order valence-electron chi connectivity index (χ0n) is 19.9. The molecule has 0 fully saturated rings. The summed E-state index contributed by atoms with van der Waals surface area (Å²) in [6.07, 6.45) is 2.87. The van der Waals surface area contributed by atoms with Gasteiger partial charge in [0.25, 0.3) is 0 Å². The van der Waals surface area contributed by atoms with Crippen LogP contribution in [-0.2, 0) is 16.4 Å². The molecule has 0 unspecified atom stereocenters. The maximum absolute atomic E-state index is 13.0. The molecular formula is C24H30BrN5O4S. The van der Waals surface area contributed by atoms with Gasteiger partial charge in [-0.2, -0.15) is 4.98 Å². The van der Waals surface area contributed by atoms with Gasteiger partial charge in [-0.1, -0.05) is 25.1 Å². The molecule has 0 aliphatic heterocycles. The lowest BCUT2D eigenvalue weighted by atomic mass is 10.1. The molecule has 0 aliphatic rings. The fourth-order valence-corrected chi connectivity index (χ4v) is 4.90. The molecule has 11 heteroatoms. The molecule has 3 aromatic rings. The molecule has 0 saturated heterocycles. The summed E-state index contributed by atoms with van der Waals surface area (Å²) in [7, 11) is -2.13. The number of aliphatic hydroxyl groups excluding tert-OH is 1. The predicted octanol–water partition coefficient (Wildman–Crippen LogP) is 4.00. The van der Waals surface area contributed by atoms with Crippen LogP contribution < -0.4 is 20.1 Å². The first-order valence-electron chi connectivity index (χ1n) is 11.2. The topological polar surface area (TPSA) is 125 Å². The van der Waals surface area contributed by atoms with Crippen molar-refractivity contribution in [1.82, 2.24) is 14.7 Å². The van der Waals surface area contributed by atoms with Gasteiger partial charge in [0.15, 0.2) is 0 Å². The minimum Gasteiger partial charge on any atom is -0.497 e. The summed E-state index contributed by atoms with van der Waals surface area (Å²) in [5.41, 5.74) is 2.16. The van der Waals surface area contributed by atoms with Gasteiger partial charge in [-0.15, -0.1) is 0 Å². The lowest BCUT2D eigenvalue weighted by molar-refractivity contribution is 0.271. The van der Waals surface area contributed by atoms with Crippen molar-refractivity contribution in [2.24, 2.45) is 0 Å². The van der Waals surface area contributed by atoms with Crippen LogP contribution in [0.15, 0.2) is 58.0 Å². The van der Waals surface area contributed by atoms with Crippen molar-refractivity contribution < 1.29 is 18.3 Å². The summed E-state index contributed by atoms with van der Waals surface area (Å²) in [6, 6.07) is 12.4. The molecule has 1 heterocycles. The molecule has 35 heavy (non-hydrogen) atoms. The third kappa shape index (κ3) is 7.38. The molecule has 9 nitrogen and oxygen atoms in total. The van der Waals surface area contributed by atoms with E-state index in [0.29, 0.717) is 33.9 Å². The van der Waals surface area contributed by atoms with E-state index in [0.717, 1.165) is 17.7 Å². The van der Waals surface area contributed by atoms with E-state index in [-0.39, 0.29) is 24.1 Å². The van der Waals surface area contributed by atoms with E-state index in [9.17, 15) is 13.5 Å². The Balaban J connectivity index is 1.71. The van der Waals surface area contributed by atoms with E-state index in [2.05, 4.69) is 41.3 Å². The van der Waals surface area contributed by atoms with Crippen molar-refractivity contribution in [1.29, 1.82) is 0 Å². The van der Waals surface area contributed by atoms with E-state index in [1.54, 1.807) is 38.4 Å². The van der Waals surface area contributed by atoms with Crippen LogP contribution in [0.4, 0.5) is 17.5 Å². The third-order valence-electron chi connectivity index (χ3n) is 5.40. The van der Waals surface area contributed by atoms with Crippen molar-refractivity contribution in [2.75, 3.05) is 30.9 Å². The van der Waals surface area contributed by atoms with Gasteiger partial charge in [-0.05, 0) is 71.1 Å². The van der Waals surface area contributed by atoms with Gasteiger partial charge >= 0.3 is 0 Å². The summed E-state index contributed by atoms with van der Waals surface area (Å²) in [5, 5.41) is 15.7. The van der Waals surface area contributed by atoms with Gasteiger partial charge < -0.3 is 20.5 Å². The molecule has 2 aromatic carbocycles. The number of benzene rings is 2. The fourth-order valence-electron chi connectivity index (χ4n) is 3.29. The second kappa shape index (κ2) is 12.3. The highest BCUT2D eigenvalue weighted by Gasteiger charge is 2.18. The van der Waals surface area contributed by atoms with E-state index in [4.69, 9.17) is 4.74 Å². The average Bonchev–Trinajstić information content (AvgIpc) is 2.85. The summed E-state index contributed by atoms with van der Waals surface area (Å²) in [6.45, 7) is 3.95. The zero-order chi connectivity index (χ0) is 25.4. The van der Waals surface area contributed by atoms with Crippen LogP contribution in [0.25, 0.3) is 0 Å². The van der Waals surface area contributed by atoms with Crippen LogP contribution in [0.3, 0.4) is 0 Å². The molecule has 1 aromatic heterocycles. The van der Waals surface area contributed by atoms with Gasteiger partial charge in [0.05, 0.1) is 29.1 Å². The minimum absolute atomic E-state index is 0.0274. The van der Waals surface area contributed by atoms with Crippen molar-refractivity contribution in [3.05, 3.63) is 64.3 Å². The molecule has 1 atom stereocenters. The predicted molar refractivity (Wildman–Crippen MR) is 141 cm³/mol. The molecule has 0 radical (unpaired) electrons. The number of ether oxygens (including phenoxy) is 1. The zero-order valence-corrected chi connectivity index (χ0v) is 22.3. The average molecular weight is 565 g/mol. The number of hydrogen-bond donors (Lipinski definition) is 4. The molecule has 0 bridgehead atoms. The molecule has 0 spiro atoms. The molecule has 0 aliphatic carbocycles. The Morgan fingerprint density at radius 2 is 1.91 bits per heavy atom. The van der Waals surface area contributed by atoms with E-state index in [1.165, 1.54) is 0 Å². The molecule has 3 rings (SSSR count). The Morgan fingerprint density at radius 1 is 1.17 bits per heavy atom. The van der Waals surface area contributed by atoms with E-state index < -0.39 is 10.0 Å². The summed E-state index contributed by atoms with van der Waals surface area (Å²) >= 11 is 3.41. The number of nitrogens with one attached hydrogen (secondary N) is 3. The van der Waals surface area contributed by atoms with Crippen molar-refractivity contribution in [3.8, 4) is 5.75 Å². The highest BCUT2D eigenvalue weighted by Crippen LogP contribution is 2.25. The quantitative estimate of drug-likeness (QED) is 0.260. The number of methoxy groups -OCH3 is 1. The first kappa shape index (κ1) is 26.9. The van der Waals surface area contributed by atoms with Gasteiger partial charge in [0, 0.05) is 18.4 Å². The summed E-state index contributed by atoms with van der Waals surface area (Å²) in [4.78, 5) is 8.88. The Morgan fingerprint density at radius 3 is 2.57 bits per heavy atom. The number of aryl methyl sites for hydroxylation is 1. The van der Waals surface area contributed by atoms with E-state index >= 15 is 0 Å².